The molecule has 0 aliphatic heterocycles. The van der Waals surface area contributed by atoms with Crippen LogP contribution < -0.4 is 16.4 Å². The Morgan fingerprint density at radius 3 is 2.16 bits per heavy atom. The lowest BCUT2D eigenvalue weighted by Gasteiger charge is -2.17. The van der Waals surface area contributed by atoms with E-state index < -0.39 is 36.9 Å². The van der Waals surface area contributed by atoms with Crippen molar-refractivity contribution >= 4 is 23.8 Å². The highest BCUT2D eigenvalue weighted by Crippen LogP contribution is 1.88. The molecule has 0 saturated heterocycles. The maximum absolute atomic E-state index is 11.4. The first-order valence-electron chi connectivity index (χ1n) is 5.53. The summed E-state index contributed by atoms with van der Waals surface area (Å²) in [5, 5.41) is 13.0. The van der Waals surface area contributed by atoms with Gasteiger partial charge in [-0.25, -0.2) is 4.79 Å². The maximum atomic E-state index is 11.4. The number of aliphatic carboxylic acids is 1. The van der Waals surface area contributed by atoms with Crippen LogP contribution in [0.2, 0.25) is 0 Å². The van der Waals surface area contributed by atoms with Gasteiger partial charge in [0, 0.05) is 6.04 Å². The number of carboxylic acid groups (broad SMARTS) is 1. The van der Waals surface area contributed by atoms with Gasteiger partial charge in [-0.3, -0.25) is 24.6 Å². The summed E-state index contributed by atoms with van der Waals surface area (Å²) in [4.78, 5) is 44.9. The van der Waals surface area contributed by atoms with Crippen molar-refractivity contribution in [2.24, 2.45) is 5.73 Å². The van der Waals surface area contributed by atoms with Crippen molar-refractivity contribution in [1.29, 1.82) is 0 Å². The zero-order chi connectivity index (χ0) is 15.0. The number of nitrogens with one attached hydrogen (secondary N) is 2. The smallest absolute Gasteiger partial charge is 0.321 e. The molecule has 0 spiro atoms. The van der Waals surface area contributed by atoms with Crippen LogP contribution in [0.15, 0.2) is 0 Å². The van der Waals surface area contributed by atoms with Gasteiger partial charge in [0.25, 0.3) is 0 Å². The van der Waals surface area contributed by atoms with Crippen molar-refractivity contribution in [2.75, 3.05) is 19.6 Å². The van der Waals surface area contributed by atoms with E-state index in [1.807, 2.05) is 5.32 Å². The molecule has 9 nitrogen and oxygen atoms in total. The summed E-state index contributed by atoms with van der Waals surface area (Å²) >= 11 is 0. The average molecular weight is 274 g/mol. The number of carboxylic acids is 1. The van der Waals surface area contributed by atoms with Gasteiger partial charge in [0.05, 0.1) is 19.6 Å². The molecule has 0 heterocycles. The van der Waals surface area contributed by atoms with Crippen LogP contribution >= 0.6 is 0 Å². The number of rotatable bonds is 7. The van der Waals surface area contributed by atoms with Crippen molar-refractivity contribution in [3.05, 3.63) is 0 Å². The van der Waals surface area contributed by atoms with Crippen LogP contribution in [0.5, 0.6) is 0 Å². The summed E-state index contributed by atoms with van der Waals surface area (Å²) in [6.07, 6.45) is 0. The monoisotopic (exact) mass is 274 g/mol. The topological polar surface area (TPSA) is 142 Å². The van der Waals surface area contributed by atoms with E-state index in [1.165, 1.54) is 0 Å². The first kappa shape index (κ1) is 16.8. The Bertz CT molecular complexity index is 353. The van der Waals surface area contributed by atoms with Crippen molar-refractivity contribution in [2.45, 2.75) is 19.9 Å². The number of primary amides is 1. The van der Waals surface area contributed by atoms with Gasteiger partial charge in [-0.1, -0.05) is 0 Å². The molecule has 4 amide bonds. The number of nitrogens with two attached hydrogens (primary N) is 1. The second-order valence-electron chi connectivity index (χ2n) is 4.18. The highest BCUT2D eigenvalue weighted by molar-refractivity contribution is 5.95. The third-order valence-electron chi connectivity index (χ3n) is 1.78. The van der Waals surface area contributed by atoms with E-state index in [4.69, 9.17) is 10.8 Å². The second kappa shape index (κ2) is 8.03. The molecular formula is C10H18N4O5. The van der Waals surface area contributed by atoms with Crippen LogP contribution in [0.4, 0.5) is 4.79 Å². The van der Waals surface area contributed by atoms with E-state index >= 15 is 0 Å². The number of amides is 4. The van der Waals surface area contributed by atoms with Crippen molar-refractivity contribution in [3.8, 4) is 0 Å². The Labute approximate surface area is 110 Å². The number of carbonyl (C=O) groups excluding carboxylic acids is 3. The van der Waals surface area contributed by atoms with Crippen LogP contribution in [-0.4, -0.2) is 59.5 Å². The van der Waals surface area contributed by atoms with Gasteiger partial charge in [-0.05, 0) is 13.8 Å². The zero-order valence-corrected chi connectivity index (χ0v) is 10.8. The van der Waals surface area contributed by atoms with Crippen LogP contribution in [0, 0.1) is 0 Å². The number of imide groups is 1. The van der Waals surface area contributed by atoms with Crippen LogP contribution in [-0.2, 0) is 14.4 Å². The molecule has 0 aromatic carbocycles. The molecule has 0 atom stereocenters. The lowest BCUT2D eigenvalue weighted by molar-refractivity contribution is -0.139. The van der Waals surface area contributed by atoms with Gasteiger partial charge in [0.2, 0.25) is 11.8 Å². The molecule has 0 saturated carbocycles. The van der Waals surface area contributed by atoms with Gasteiger partial charge in [0.1, 0.15) is 0 Å². The van der Waals surface area contributed by atoms with Gasteiger partial charge in [0.15, 0.2) is 0 Å². The standard InChI is InChI=1S/C10H18N4O5/c1-6(2)12-10(19)13-8(16)4-14(3-7(11)15)5-9(17)18/h6H,3-5H2,1-2H3,(H2,11,15)(H,17,18)(H2,12,13,16,19). The molecule has 0 unspecified atom stereocenters. The largest absolute Gasteiger partial charge is 0.480 e. The molecule has 5 N–H and O–H groups in total. The van der Waals surface area contributed by atoms with Crippen molar-refractivity contribution in [3.63, 3.8) is 0 Å². The second-order valence-corrected chi connectivity index (χ2v) is 4.18. The fourth-order valence-electron chi connectivity index (χ4n) is 1.25. The Balaban J connectivity index is 4.33. The molecule has 0 aliphatic rings. The molecule has 0 aromatic rings. The van der Waals surface area contributed by atoms with Crippen LogP contribution in [0.25, 0.3) is 0 Å². The van der Waals surface area contributed by atoms with E-state index in [2.05, 4.69) is 5.32 Å². The molecule has 0 bridgehead atoms. The Kier molecular flexibility index (Phi) is 7.12. The minimum atomic E-state index is -1.21. The predicted octanol–water partition coefficient (Wildman–Crippen LogP) is -1.91. The first-order valence-corrected chi connectivity index (χ1v) is 5.53. The molecule has 19 heavy (non-hydrogen) atoms. The van der Waals surface area contributed by atoms with E-state index in [-0.39, 0.29) is 12.6 Å². The zero-order valence-electron chi connectivity index (χ0n) is 10.8. The van der Waals surface area contributed by atoms with Gasteiger partial charge in [-0.15, -0.1) is 0 Å². The summed E-state index contributed by atoms with van der Waals surface area (Å²) in [5.41, 5.74) is 4.93. The minimum absolute atomic E-state index is 0.145. The quantitative estimate of drug-likeness (QED) is 0.427. The molecule has 0 rings (SSSR count). The average Bonchev–Trinajstić information content (AvgIpc) is 2.11. The SMILES string of the molecule is CC(C)NC(=O)NC(=O)CN(CC(N)=O)CC(=O)O. The molecule has 0 aliphatic carbocycles. The van der Waals surface area contributed by atoms with E-state index in [0.717, 1.165) is 4.90 Å². The highest BCUT2D eigenvalue weighted by Gasteiger charge is 2.17. The first-order chi connectivity index (χ1) is 8.70. The molecule has 0 fully saturated rings. The van der Waals surface area contributed by atoms with E-state index in [1.54, 1.807) is 13.8 Å². The maximum Gasteiger partial charge on any atom is 0.321 e. The third kappa shape index (κ3) is 9.53. The number of urea groups is 1. The molecule has 9 heteroatoms. The van der Waals surface area contributed by atoms with E-state index in [0.29, 0.717) is 0 Å². The normalized spacial score (nSPS) is 10.3. The fraction of sp³-hybridized carbons (Fsp3) is 0.600. The summed E-state index contributed by atoms with van der Waals surface area (Å²) < 4.78 is 0. The van der Waals surface area contributed by atoms with Crippen molar-refractivity contribution < 1.29 is 24.3 Å². The van der Waals surface area contributed by atoms with Crippen molar-refractivity contribution in [1.82, 2.24) is 15.5 Å². The number of nitrogens with zero attached hydrogens (tertiary/aromatic N) is 1. The number of hydrogen-bond acceptors (Lipinski definition) is 5. The van der Waals surface area contributed by atoms with Gasteiger partial charge >= 0.3 is 12.0 Å². The highest BCUT2D eigenvalue weighted by atomic mass is 16.4. The Hall–Kier alpha value is -2.16. The third-order valence-corrected chi connectivity index (χ3v) is 1.78. The van der Waals surface area contributed by atoms with E-state index in [9.17, 15) is 19.2 Å². The van der Waals surface area contributed by atoms with Crippen LogP contribution in [0.1, 0.15) is 13.8 Å². The molecule has 0 radical (unpaired) electrons. The predicted molar refractivity (Wildman–Crippen MR) is 65.1 cm³/mol. The number of hydrogen-bond donors (Lipinski definition) is 4. The molecule has 0 aromatic heterocycles. The van der Waals surface area contributed by atoms with Gasteiger partial charge in [-0.2, -0.15) is 0 Å². The minimum Gasteiger partial charge on any atom is -0.480 e. The number of carbonyl (C=O) groups is 4. The molecular weight excluding hydrogens is 256 g/mol. The Morgan fingerprint density at radius 1 is 1.16 bits per heavy atom. The van der Waals surface area contributed by atoms with Gasteiger partial charge < -0.3 is 16.2 Å². The lowest BCUT2D eigenvalue weighted by atomic mass is 10.4. The summed E-state index contributed by atoms with van der Waals surface area (Å²) in [6, 6.07) is -0.831. The molecule has 108 valence electrons. The Morgan fingerprint density at radius 2 is 1.74 bits per heavy atom. The summed E-state index contributed by atoms with van der Waals surface area (Å²) in [5.74, 6) is -2.69. The fourth-order valence-corrected chi connectivity index (χ4v) is 1.25. The van der Waals surface area contributed by atoms with Crippen LogP contribution in [0.3, 0.4) is 0 Å². The summed E-state index contributed by atoms with van der Waals surface area (Å²) in [6.45, 7) is 2.11. The summed E-state index contributed by atoms with van der Waals surface area (Å²) in [7, 11) is 0. The lowest BCUT2D eigenvalue weighted by Crippen LogP contribution is -2.48.